The number of benzene rings is 1. The smallest absolute Gasteiger partial charge is 0.340 e. The van der Waals surface area contributed by atoms with Gasteiger partial charge in [0.15, 0.2) is 6.10 Å². The van der Waals surface area contributed by atoms with Crippen molar-refractivity contribution in [3.8, 4) is 5.75 Å². The summed E-state index contributed by atoms with van der Waals surface area (Å²) in [5, 5.41) is 8.74. The number of hydrogen-bond acceptors (Lipinski definition) is 4. The zero-order valence-electron chi connectivity index (χ0n) is 11.1. The number of carboxylic acid groups (broad SMARTS) is 1. The Hall–Kier alpha value is -1.88. The number of rotatable bonds is 7. The number of aromatic carboxylic acids is 1. The minimum atomic E-state index is -1.02. The third kappa shape index (κ3) is 5.09. The molecular weight excluding hydrogens is 248 g/mol. The van der Waals surface area contributed by atoms with Crippen molar-refractivity contribution in [3.05, 3.63) is 29.8 Å². The van der Waals surface area contributed by atoms with Gasteiger partial charge in [-0.1, -0.05) is 13.3 Å². The lowest BCUT2D eigenvalue weighted by atomic mass is 10.2. The van der Waals surface area contributed by atoms with Crippen LogP contribution in [0.3, 0.4) is 0 Å². The average molecular weight is 266 g/mol. The molecule has 0 radical (unpaired) electrons. The first kappa shape index (κ1) is 15.2. The molecule has 19 heavy (non-hydrogen) atoms. The quantitative estimate of drug-likeness (QED) is 0.466. The van der Waals surface area contributed by atoms with Crippen molar-refractivity contribution in [2.24, 2.45) is 0 Å². The van der Waals surface area contributed by atoms with Crippen molar-refractivity contribution in [2.45, 2.75) is 32.8 Å². The zero-order chi connectivity index (χ0) is 14.3. The van der Waals surface area contributed by atoms with Crippen LogP contribution in [0.2, 0.25) is 0 Å². The normalized spacial score (nSPS) is 11.9. The summed E-state index contributed by atoms with van der Waals surface area (Å²) in [6, 6.07) is 5.65. The topological polar surface area (TPSA) is 72.8 Å². The van der Waals surface area contributed by atoms with Gasteiger partial charge in [-0.3, -0.25) is 0 Å². The van der Waals surface area contributed by atoms with Crippen LogP contribution in [0.5, 0.6) is 5.75 Å². The summed E-state index contributed by atoms with van der Waals surface area (Å²) in [6.07, 6.45) is 1.26. The van der Waals surface area contributed by atoms with E-state index in [1.165, 1.54) is 24.3 Å². The van der Waals surface area contributed by atoms with Crippen molar-refractivity contribution in [1.29, 1.82) is 0 Å². The van der Waals surface area contributed by atoms with Gasteiger partial charge < -0.3 is 14.6 Å². The van der Waals surface area contributed by atoms with E-state index in [1.807, 2.05) is 6.92 Å². The van der Waals surface area contributed by atoms with E-state index in [0.717, 1.165) is 12.8 Å². The number of carboxylic acids is 1. The standard InChI is InChI=1S/C14H18O5/c1-3-4-9-18-10(2)14(17)19-12-7-5-11(6-8-12)13(15)16/h5-8,10H,3-4,9H2,1-2H3,(H,15,16)/t10-/m0/s1. The molecule has 0 amide bonds. The van der Waals surface area contributed by atoms with E-state index in [9.17, 15) is 9.59 Å². The Morgan fingerprint density at radius 1 is 1.26 bits per heavy atom. The summed E-state index contributed by atoms with van der Waals surface area (Å²) in [7, 11) is 0. The van der Waals surface area contributed by atoms with Crippen LogP contribution in [0.15, 0.2) is 24.3 Å². The first-order valence-corrected chi connectivity index (χ1v) is 6.21. The maximum Gasteiger partial charge on any atom is 0.340 e. The van der Waals surface area contributed by atoms with Gasteiger partial charge in [0.2, 0.25) is 0 Å². The Morgan fingerprint density at radius 3 is 2.42 bits per heavy atom. The summed E-state index contributed by atoms with van der Waals surface area (Å²) in [5.41, 5.74) is 0.145. The van der Waals surface area contributed by atoms with Crippen LogP contribution in [-0.4, -0.2) is 29.8 Å². The van der Waals surface area contributed by atoms with Gasteiger partial charge in [-0.2, -0.15) is 0 Å². The first-order chi connectivity index (χ1) is 9.04. The molecule has 1 atom stereocenters. The molecule has 1 aromatic rings. The van der Waals surface area contributed by atoms with Gasteiger partial charge in [0.1, 0.15) is 5.75 Å². The SMILES string of the molecule is CCCCO[C@@H](C)C(=O)Oc1ccc(C(=O)O)cc1. The largest absolute Gasteiger partial charge is 0.478 e. The molecule has 0 aliphatic rings. The number of carbonyl (C=O) groups excluding carboxylic acids is 1. The molecule has 0 saturated heterocycles. The Kier molecular flexibility index (Phi) is 6.02. The van der Waals surface area contributed by atoms with Crippen LogP contribution in [0.25, 0.3) is 0 Å². The summed E-state index contributed by atoms with van der Waals surface area (Å²) in [6.45, 7) is 4.19. The number of esters is 1. The molecule has 1 N–H and O–H groups in total. The van der Waals surface area contributed by atoms with Crippen LogP contribution >= 0.6 is 0 Å². The molecule has 5 nitrogen and oxygen atoms in total. The number of unbranched alkanes of at least 4 members (excludes halogenated alkanes) is 1. The summed E-state index contributed by atoms with van der Waals surface area (Å²) in [5.74, 6) is -1.20. The lowest BCUT2D eigenvalue weighted by molar-refractivity contribution is -0.146. The molecule has 0 unspecified atom stereocenters. The predicted octanol–water partition coefficient (Wildman–Crippen LogP) is 2.50. The van der Waals surface area contributed by atoms with E-state index in [1.54, 1.807) is 6.92 Å². The van der Waals surface area contributed by atoms with Crippen LogP contribution < -0.4 is 4.74 Å². The molecule has 0 heterocycles. The molecule has 1 aromatic carbocycles. The molecular formula is C14H18O5. The third-order valence-corrected chi connectivity index (χ3v) is 2.52. The lowest BCUT2D eigenvalue weighted by Gasteiger charge is -2.12. The van der Waals surface area contributed by atoms with E-state index in [0.29, 0.717) is 12.4 Å². The van der Waals surface area contributed by atoms with Crippen LogP contribution in [-0.2, 0) is 9.53 Å². The monoisotopic (exact) mass is 266 g/mol. The molecule has 1 rings (SSSR count). The lowest BCUT2D eigenvalue weighted by Crippen LogP contribution is -2.26. The molecule has 0 aliphatic heterocycles. The van der Waals surface area contributed by atoms with Gasteiger partial charge in [0.05, 0.1) is 5.56 Å². The number of ether oxygens (including phenoxy) is 2. The average Bonchev–Trinajstić information content (AvgIpc) is 2.39. The van der Waals surface area contributed by atoms with E-state index < -0.39 is 18.0 Å². The van der Waals surface area contributed by atoms with Gasteiger partial charge in [0.25, 0.3) is 0 Å². The van der Waals surface area contributed by atoms with Crippen molar-refractivity contribution in [3.63, 3.8) is 0 Å². The zero-order valence-corrected chi connectivity index (χ0v) is 11.1. The Labute approximate surface area is 112 Å². The Bertz CT molecular complexity index is 424. The maximum absolute atomic E-state index is 11.7. The third-order valence-electron chi connectivity index (χ3n) is 2.52. The molecule has 0 spiro atoms. The maximum atomic E-state index is 11.7. The van der Waals surface area contributed by atoms with Crippen molar-refractivity contribution >= 4 is 11.9 Å². The molecule has 5 heteroatoms. The summed E-state index contributed by atoms with van der Waals surface area (Å²) < 4.78 is 10.4. The molecule has 0 bridgehead atoms. The summed E-state index contributed by atoms with van der Waals surface area (Å²) in [4.78, 5) is 22.3. The van der Waals surface area contributed by atoms with E-state index in [-0.39, 0.29) is 5.56 Å². The van der Waals surface area contributed by atoms with E-state index >= 15 is 0 Å². The van der Waals surface area contributed by atoms with Crippen molar-refractivity contribution < 1.29 is 24.2 Å². The Balaban J connectivity index is 2.49. The minimum absolute atomic E-state index is 0.145. The van der Waals surface area contributed by atoms with Gasteiger partial charge in [-0.15, -0.1) is 0 Å². The van der Waals surface area contributed by atoms with E-state index in [2.05, 4.69) is 0 Å². The predicted molar refractivity (Wildman–Crippen MR) is 69.4 cm³/mol. The number of carbonyl (C=O) groups is 2. The molecule has 0 saturated carbocycles. The highest BCUT2D eigenvalue weighted by Crippen LogP contribution is 2.13. The van der Waals surface area contributed by atoms with Gasteiger partial charge in [-0.05, 0) is 37.6 Å². The molecule has 104 valence electrons. The molecule has 0 aliphatic carbocycles. The second-order valence-corrected chi connectivity index (χ2v) is 4.12. The van der Waals surface area contributed by atoms with Crippen molar-refractivity contribution in [1.82, 2.24) is 0 Å². The highest BCUT2D eigenvalue weighted by atomic mass is 16.6. The number of hydrogen-bond donors (Lipinski definition) is 1. The highest BCUT2D eigenvalue weighted by molar-refractivity contribution is 5.87. The van der Waals surface area contributed by atoms with Crippen LogP contribution in [0.4, 0.5) is 0 Å². The van der Waals surface area contributed by atoms with Gasteiger partial charge in [-0.25, -0.2) is 9.59 Å². The first-order valence-electron chi connectivity index (χ1n) is 6.21. The summed E-state index contributed by atoms with van der Waals surface area (Å²) >= 11 is 0. The Morgan fingerprint density at radius 2 is 1.89 bits per heavy atom. The van der Waals surface area contributed by atoms with Gasteiger partial charge >= 0.3 is 11.9 Å². The second kappa shape index (κ2) is 7.53. The molecule has 0 aromatic heterocycles. The van der Waals surface area contributed by atoms with Gasteiger partial charge in [0, 0.05) is 6.61 Å². The van der Waals surface area contributed by atoms with Crippen LogP contribution in [0.1, 0.15) is 37.0 Å². The fraction of sp³-hybridized carbons (Fsp3) is 0.429. The van der Waals surface area contributed by atoms with Crippen LogP contribution in [0, 0.1) is 0 Å². The second-order valence-electron chi connectivity index (χ2n) is 4.12. The van der Waals surface area contributed by atoms with Crippen molar-refractivity contribution in [2.75, 3.05) is 6.61 Å². The minimum Gasteiger partial charge on any atom is -0.478 e. The fourth-order valence-electron chi connectivity index (χ4n) is 1.34. The molecule has 0 fully saturated rings. The highest BCUT2D eigenvalue weighted by Gasteiger charge is 2.15. The van der Waals surface area contributed by atoms with E-state index in [4.69, 9.17) is 14.6 Å². The fourth-order valence-corrected chi connectivity index (χ4v) is 1.34.